The molecule has 1 saturated carbocycles. The lowest BCUT2D eigenvalue weighted by Crippen LogP contribution is -2.44. The van der Waals surface area contributed by atoms with Crippen LogP contribution in [0.15, 0.2) is 6.07 Å². The van der Waals surface area contributed by atoms with Crippen molar-refractivity contribution in [3.8, 4) is 0 Å². The van der Waals surface area contributed by atoms with E-state index in [0.717, 1.165) is 19.3 Å². The van der Waals surface area contributed by atoms with Crippen molar-refractivity contribution >= 4 is 29.1 Å². The number of hydrogen-bond donors (Lipinski definition) is 2. The van der Waals surface area contributed by atoms with Gasteiger partial charge < -0.3 is 15.6 Å². The summed E-state index contributed by atoms with van der Waals surface area (Å²) in [4.78, 5) is 17.2. The van der Waals surface area contributed by atoms with Crippen LogP contribution in [0.5, 0.6) is 0 Å². The molecule has 1 aliphatic rings. The van der Waals surface area contributed by atoms with Crippen LogP contribution in [0.3, 0.4) is 0 Å². The van der Waals surface area contributed by atoms with Crippen LogP contribution >= 0.6 is 23.2 Å². The van der Waals surface area contributed by atoms with Crippen molar-refractivity contribution in [2.75, 3.05) is 13.1 Å². The number of aromatic nitrogens is 1. The summed E-state index contributed by atoms with van der Waals surface area (Å²) in [5.74, 6) is 0.339. The third-order valence-electron chi connectivity index (χ3n) is 3.88. The number of carbonyl (C=O) groups excluding carboxylic acids is 1. The molecule has 2 unspecified atom stereocenters. The maximum atomic E-state index is 12.5. The van der Waals surface area contributed by atoms with E-state index in [-0.39, 0.29) is 11.9 Å². The fraction of sp³-hybridized carbons (Fsp3) is 0.615. The number of carbonyl (C=O) groups is 1. The van der Waals surface area contributed by atoms with Crippen LogP contribution in [0.1, 0.15) is 36.7 Å². The molecule has 0 radical (unpaired) electrons. The smallest absolute Gasteiger partial charge is 0.270 e. The van der Waals surface area contributed by atoms with Crippen LogP contribution in [0.2, 0.25) is 10.2 Å². The van der Waals surface area contributed by atoms with E-state index in [0.29, 0.717) is 34.9 Å². The van der Waals surface area contributed by atoms with Crippen molar-refractivity contribution in [3.05, 3.63) is 21.9 Å². The first-order valence-corrected chi connectivity index (χ1v) is 7.39. The number of nitrogens with one attached hydrogen (secondary N) is 1. The third kappa shape index (κ3) is 2.91. The topological polar surface area (TPSA) is 62.1 Å². The van der Waals surface area contributed by atoms with Gasteiger partial charge in [0.2, 0.25) is 0 Å². The summed E-state index contributed by atoms with van der Waals surface area (Å²) in [5, 5.41) is 0.686. The number of hydrogen-bond acceptors (Lipinski definition) is 2. The summed E-state index contributed by atoms with van der Waals surface area (Å²) in [7, 11) is 0. The van der Waals surface area contributed by atoms with Crippen molar-refractivity contribution in [2.24, 2.45) is 11.7 Å². The first-order chi connectivity index (χ1) is 9.08. The number of nitrogens with two attached hydrogens (primary N) is 1. The van der Waals surface area contributed by atoms with E-state index in [2.05, 4.69) is 4.98 Å². The van der Waals surface area contributed by atoms with Gasteiger partial charge in [0.05, 0.1) is 5.02 Å². The second-order valence-corrected chi connectivity index (χ2v) is 5.72. The van der Waals surface area contributed by atoms with Gasteiger partial charge >= 0.3 is 0 Å². The maximum Gasteiger partial charge on any atom is 0.270 e. The molecular formula is C13H19Cl2N3O. The Bertz CT molecular complexity index is 441. The fourth-order valence-corrected chi connectivity index (χ4v) is 3.22. The molecule has 1 heterocycles. The average molecular weight is 304 g/mol. The van der Waals surface area contributed by atoms with E-state index in [9.17, 15) is 4.79 Å². The van der Waals surface area contributed by atoms with E-state index in [1.165, 1.54) is 0 Å². The first kappa shape index (κ1) is 14.7. The summed E-state index contributed by atoms with van der Waals surface area (Å²) in [6.45, 7) is 3.27. The molecule has 2 atom stereocenters. The highest BCUT2D eigenvalue weighted by molar-refractivity contribution is 6.41. The molecule has 106 valence electrons. The van der Waals surface area contributed by atoms with E-state index >= 15 is 0 Å². The van der Waals surface area contributed by atoms with E-state index in [1.54, 1.807) is 6.07 Å². The standard InChI is InChI=1S/C13H19Cl2N3O/c1-2-18(11-5-3-4-8(11)7-16)13(19)10-6-9(14)12(15)17-10/h6,8,11,17H,2-5,7,16H2,1H3. The van der Waals surface area contributed by atoms with Crippen molar-refractivity contribution in [3.63, 3.8) is 0 Å². The van der Waals surface area contributed by atoms with Crippen molar-refractivity contribution in [1.82, 2.24) is 9.88 Å². The Hall–Kier alpha value is -0.710. The van der Waals surface area contributed by atoms with Crippen molar-refractivity contribution in [2.45, 2.75) is 32.2 Å². The van der Waals surface area contributed by atoms with E-state index in [1.807, 2.05) is 11.8 Å². The molecule has 6 heteroatoms. The number of halogens is 2. The van der Waals surface area contributed by atoms with Crippen LogP contribution in [0.25, 0.3) is 0 Å². The lowest BCUT2D eigenvalue weighted by atomic mass is 10.0. The summed E-state index contributed by atoms with van der Waals surface area (Å²) in [6, 6.07) is 1.81. The molecule has 0 saturated heterocycles. The van der Waals surface area contributed by atoms with Crippen molar-refractivity contribution < 1.29 is 4.79 Å². The first-order valence-electron chi connectivity index (χ1n) is 6.63. The SMILES string of the molecule is CCN(C(=O)c1cc(Cl)c(Cl)[nH]1)C1CCCC1CN. The number of aromatic amines is 1. The largest absolute Gasteiger partial charge is 0.340 e. The Morgan fingerprint density at radius 2 is 2.26 bits per heavy atom. The number of H-pyrrole nitrogens is 1. The molecule has 1 aliphatic carbocycles. The molecule has 0 aliphatic heterocycles. The number of rotatable bonds is 4. The molecule has 1 aromatic rings. The van der Waals surface area contributed by atoms with Gasteiger partial charge in [-0.25, -0.2) is 0 Å². The molecule has 0 spiro atoms. The fourth-order valence-electron chi connectivity index (χ4n) is 2.91. The molecule has 1 aromatic heterocycles. The Kier molecular flexibility index (Phi) is 4.76. The van der Waals surface area contributed by atoms with Crippen LogP contribution < -0.4 is 5.73 Å². The number of nitrogens with zero attached hydrogens (tertiary/aromatic N) is 1. The Labute approximate surface area is 123 Å². The van der Waals surface area contributed by atoms with Gasteiger partial charge in [-0.05, 0) is 38.3 Å². The summed E-state index contributed by atoms with van der Waals surface area (Å²) in [5.41, 5.74) is 6.24. The van der Waals surface area contributed by atoms with E-state index in [4.69, 9.17) is 28.9 Å². The second-order valence-electron chi connectivity index (χ2n) is 4.93. The zero-order valence-electron chi connectivity index (χ0n) is 11.0. The Morgan fingerprint density at radius 1 is 1.53 bits per heavy atom. The summed E-state index contributed by atoms with van der Waals surface area (Å²) >= 11 is 11.7. The summed E-state index contributed by atoms with van der Waals surface area (Å²) in [6.07, 6.45) is 3.24. The highest BCUT2D eigenvalue weighted by Gasteiger charge is 2.34. The Balaban J connectivity index is 2.19. The minimum absolute atomic E-state index is 0.0540. The highest BCUT2D eigenvalue weighted by Crippen LogP contribution is 2.31. The monoisotopic (exact) mass is 303 g/mol. The van der Waals surface area contributed by atoms with Gasteiger partial charge in [0.15, 0.2) is 0 Å². The molecule has 0 bridgehead atoms. The highest BCUT2D eigenvalue weighted by atomic mass is 35.5. The molecule has 0 aromatic carbocycles. The molecule has 4 nitrogen and oxygen atoms in total. The number of amides is 1. The molecule has 19 heavy (non-hydrogen) atoms. The van der Waals surface area contributed by atoms with Gasteiger partial charge in [-0.2, -0.15) is 0 Å². The van der Waals surface area contributed by atoms with Gasteiger partial charge in [-0.15, -0.1) is 0 Å². The zero-order chi connectivity index (χ0) is 14.0. The second kappa shape index (κ2) is 6.16. The van der Waals surface area contributed by atoms with E-state index < -0.39 is 0 Å². The Morgan fingerprint density at radius 3 is 2.79 bits per heavy atom. The normalized spacial score (nSPS) is 22.7. The lowest BCUT2D eigenvalue weighted by molar-refractivity contribution is 0.0646. The molecule has 3 N–H and O–H groups in total. The molecular weight excluding hydrogens is 285 g/mol. The van der Waals surface area contributed by atoms with Gasteiger partial charge in [0.1, 0.15) is 10.8 Å². The lowest BCUT2D eigenvalue weighted by Gasteiger charge is -2.31. The van der Waals surface area contributed by atoms with Crippen LogP contribution in [0.4, 0.5) is 0 Å². The van der Waals surface area contributed by atoms with Gasteiger partial charge in [0, 0.05) is 12.6 Å². The average Bonchev–Trinajstić information content (AvgIpc) is 2.98. The molecule has 1 amide bonds. The molecule has 1 fully saturated rings. The van der Waals surface area contributed by atoms with Gasteiger partial charge in [0.25, 0.3) is 5.91 Å². The van der Waals surface area contributed by atoms with Crippen LogP contribution in [-0.2, 0) is 0 Å². The van der Waals surface area contributed by atoms with Crippen LogP contribution in [-0.4, -0.2) is 34.9 Å². The van der Waals surface area contributed by atoms with Gasteiger partial charge in [-0.3, -0.25) is 4.79 Å². The minimum atomic E-state index is -0.0540. The maximum absolute atomic E-state index is 12.5. The summed E-state index contributed by atoms with van der Waals surface area (Å²) < 4.78 is 0. The van der Waals surface area contributed by atoms with Gasteiger partial charge in [-0.1, -0.05) is 29.6 Å². The predicted molar refractivity (Wildman–Crippen MR) is 77.7 cm³/mol. The van der Waals surface area contributed by atoms with Crippen molar-refractivity contribution in [1.29, 1.82) is 0 Å². The quantitative estimate of drug-likeness (QED) is 0.898. The van der Waals surface area contributed by atoms with Crippen LogP contribution in [0, 0.1) is 5.92 Å². The zero-order valence-corrected chi connectivity index (χ0v) is 12.5. The minimum Gasteiger partial charge on any atom is -0.340 e. The third-order valence-corrected chi connectivity index (χ3v) is 4.57. The predicted octanol–water partition coefficient (Wildman–Crippen LogP) is 2.91. The molecule has 2 rings (SSSR count).